The van der Waals surface area contributed by atoms with Crippen molar-refractivity contribution in [2.24, 2.45) is 0 Å². The molecule has 0 atom stereocenters. The van der Waals surface area contributed by atoms with Gasteiger partial charge in [-0.15, -0.1) is 0 Å². The summed E-state index contributed by atoms with van der Waals surface area (Å²) in [7, 11) is 4.07. The molecule has 0 fully saturated rings. The Kier molecular flexibility index (Phi) is 6.53. The molecule has 0 saturated heterocycles. The summed E-state index contributed by atoms with van der Waals surface area (Å²) in [4.78, 5) is 14.0. The molecule has 0 radical (unpaired) electrons. The third kappa shape index (κ3) is 5.85. The van der Waals surface area contributed by atoms with E-state index in [1.165, 1.54) is 0 Å². The molecule has 0 saturated carbocycles. The molecule has 4 heteroatoms. The van der Waals surface area contributed by atoms with E-state index in [0.29, 0.717) is 13.0 Å². The van der Waals surface area contributed by atoms with Crippen LogP contribution in [-0.4, -0.2) is 44.5 Å². The smallest absolute Gasteiger partial charge is 0.225 e. The number of carbonyl (C=O) groups is 1. The molecule has 0 aliphatic heterocycles. The van der Waals surface area contributed by atoms with Crippen molar-refractivity contribution in [3.8, 4) is 0 Å². The molecule has 0 bridgehead atoms. The van der Waals surface area contributed by atoms with E-state index in [9.17, 15) is 4.79 Å². The van der Waals surface area contributed by atoms with E-state index in [0.717, 1.165) is 29.9 Å². The predicted molar refractivity (Wildman–Crippen MR) is 80.6 cm³/mol. The normalized spacial score (nSPS) is 10.8. The molecule has 1 aromatic carbocycles. The average Bonchev–Trinajstić information content (AvgIpc) is 2.33. The van der Waals surface area contributed by atoms with Gasteiger partial charge in [-0.3, -0.25) is 4.79 Å². The Hall–Kier alpha value is -1.39. The fraction of sp³-hybridized carbons (Fsp3) is 0.533. The maximum atomic E-state index is 11.9. The molecular formula is C15H25N3O. The molecule has 0 heterocycles. The van der Waals surface area contributed by atoms with Crippen LogP contribution in [-0.2, 0) is 4.79 Å². The number of hydrogen-bond acceptors (Lipinski definition) is 3. The zero-order chi connectivity index (χ0) is 14.3. The fourth-order valence-electron chi connectivity index (χ4n) is 1.84. The van der Waals surface area contributed by atoms with Gasteiger partial charge in [0.15, 0.2) is 0 Å². The number of amides is 1. The molecule has 0 unspecified atom stereocenters. The number of para-hydroxylation sites is 1. The van der Waals surface area contributed by atoms with Gasteiger partial charge in [0.25, 0.3) is 0 Å². The zero-order valence-corrected chi connectivity index (χ0v) is 12.4. The van der Waals surface area contributed by atoms with Crippen LogP contribution in [0.25, 0.3) is 0 Å². The van der Waals surface area contributed by atoms with Gasteiger partial charge in [-0.1, -0.05) is 18.2 Å². The molecule has 19 heavy (non-hydrogen) atoms. The van der Waals surface area contributed by atoms with Gasteiger partial charge in [-0.05, 0) is 39.1 Å². The fourth-order valence-corrected chi connectivity index (χ4v) is 1.84. The van der Waals surface area contributed by atoms with Crippen LogP contribution in [0.15, 0.2) is 18.2 Å². The van der Waals surface area contributed by atoms with Crippen LogP contribution in [0, 0.1) is 13.8 Å². The van der Waals surface area contributed by atoms with Crippen LogP contribution in [0.2, 0.25) is 0 Å². The minimum Gasteiger partial charge on any atom is -0.326 e. The quantitative estimate of drug-likeness (QED) is 0.737. The van der Waals surface area contributed by atoms with E-state index in [1.54, 1.807) is 0 Å². The highest BCUT2D eigenvalue weighted by atomic mass is 16.1. The highest BCUT2D eigenvalue weighted by molar-refractivity contribution is 5.92. The van der Waals surface area contributed by atoms with Crippen molar-refractivity contribution in [3.63, 3.8) is 0 Å². The number of aryl methyl sites for hydroxylation is 2. The zero-order valence-electron chi connectivity index (χ0n) is 12.4. The lowest BCUT2D eigenvalue weighted by Crippen LogP contribution is -2.29. The van der Waals surface area contributed by atoms with Gasteiger partial charge in [-0.25, -0.2) is 0 Å². The number of benzene rings is 1. The number of anilines is 1. The van der Waals surface area contributed by atoms with E-state index < -0.39 is 0 Å². The summed E-state index contributed by atoms with van der Waals surface area (Å²) in [6, 6.07) is 6.03. The van der Waals surface area contributed by atoms with Crippen molar-refractivity contribution in [1.29, 1.82) is 0 Å². The number of nitrogens with zero attached hydrogens (tertiary/aromatic N) is 1. The first-order valence-electron chi connectivity index (χ1n) is 6.72. The summed E-state index contributed by atoms with van der Waals surface area (Å²) in [5.41, 5.74) is 3.16. The van der Waals surface area contributed by atoms with Crippen molar-refractivity contribution < 1.29 is 4.79 Å². The second-order valence-electron chi connectivity index (χ2n) is 5.12. The summed E-state index contributed by atoms with van der Waals surface area (Å²) in [5, 5.41) is 6.25. The van der Waals surface area contributed by atoms with Crippen molar-refractivity contribution in [3.05, 3.63) is 29.3 Å². The van der Waals surface area contributed by atoms with Crippen molar-refractivity contribution >= 4 is 11.6 Å². The van der Waals surface area contributed by atoms with E-state index in [2.05, 4.69) is 15.5 Å². The number of likely N-dealkylation sites (N-methyl/N-ethyl adjacent to an activating group) is 1. The molecule has 1 aromatic rings. The van der Waals surface area contributed by atoms with Crippen molar-refractivity contribution in [1.82, 2.24) is 10.2 Å². The Bertz CT molecular complexity index is 396. The van der Waals surface area contributed by atoms with Crippen molar-refractivity contribution in [2.75, 3.05) is 39.0 Å². The highest BCUT2D eigenvalue weighted by Crippen LogP contribution is 2.19. The van der Waals surface area contributed by atoms with Gasteiger partial charge < -0.3 is 15.5 Å². The van der Waals surface area contributed by atoms with Gasteiger partial charge in [0.2, 0.25) is 5.91 Å². The number of hydrogen-bond donors (Lipinski definition) is 2. The first-order valence-corrected chi connectivity index (χ1v) is 6.72. The lowest BCUT2D eigenvalue weighted by atomic mass is 10.1. The summed E-state index contributed by atoms with van der Waals surface area (Å²) >= 11 is 0. The Morgan fingerprint density at radius 3 is 2.37 bits per heavy atom. The summed E-state index contributed by atoms with van der Waals surface area (Å²) in [6.45, 7) is 6.63. The van der Waals surface area contributed by atoms with Crippen LogP contribution >= 0.6 is 0 Å². The molecule has 106 valence electrons. The predicted octanol–water partition coefficient (Wildman–Crippen LogP) is 1.78. The van der Waals surface area contributed by atoms with Gasteiger partial charge in [0.05, 0.1) is 0 Å². The van der Waals surface area contributed by atoms with Crippen LogP contribution < -0.4 is 10.6 Å². The van der Waals surface area contributed by atoms with E-state index in [4.69, 9.17) is 0 Å². The third-order valence-corrected chi connectivity index (χ3v) is 3.01. The largest absolute Gasteiger partial charge is 0.326 e. The summed E-state index contributed by atoms with van der Waals surface area (Å²) < 4.78 is 0. The van der Waals surface area contributed by atoms with E-state index in [-0.39, 0.29) is 5.91 Å². The van der Waals surface area contributed by atoms with Crippen LogP contribution in [0.5, 0.6) is 0 Å². The van der Waals surface area contributed by atoms with E-state index in [1.807, 2.05) is 46.1 Å². The van der Waals surface area contributed by atoms with Gasteiger partial charge >= 0.3 is 0 Å². The topological polar surface area (TPSA) is 44.4 Å². The molecule has 0 spiro atoms. The lowest BCUT2D eigenvalue weighted by molar-refractivity contribution is -0.116. The molecule has 4 nitrogen and oxygen atoms in total. The summed E-state index contributed by atoms with van der Waals surface area (Å²) in [5.74, 6) is 0.0646. The standard InChI is InChI=1S/C15H25N3O/c1-12-6-5-7-13(2)15(12)17-14(19)8-9-16-10-11-18(3)4/h5-7,16H,8-11H2,1-4H3,(H,17,19). The Morgan fingerprint density at radius 1 is 1.16 bits per heavy atom. The second kappa shape index (κ2) is 7.92. The number of rotatable bonds is 7. The molecular weight excluding hydrogens is 238 g/mol. The van der Waals surface area contributed by atoms with Gasteiger partial charge in [0.1, 0.15) is 0 Å². The van der Waals surface area contributed by atoms with Crippen LogP contribution in [0.1, 0.15) is 17.5 Å². The minimum atomic E-state index is 0.0646. The number of nitrogens with one attached hydrogen (secondary N) is 2. The first kappa shape index (κ1) is 15.7. The molecule has 0 aromatic heterocycles. The van der Waals surface area contributed by atoms with Crippen molar-refractivity contribution in [2.45, 2.75) is 20.3 Å². The van der Waals surface area contributed by atoms with Gasteiger partial charge in [0, 0.05) is 31.7 Å². The molecule has 0 aliphatic rings. The molecule has 0 aliphatic carbocycles. The highest BCUT2D eigenvalue weighted by Gasteiger charge is 2.06. The third-order valence-electron chi connectivity index (χ3n) is 3.01. The maximum Gasteiger partial charge on any atom is 0.225 e. The Morgan fingerprint density at radius 2 is 1.79 bits per heavy atom. The minimum absolute atomic E-state index is 0.0646. The molecule has 1 rings (SSSR count). The SMILES string of the molecule is Cc1cccc(C)c1NC(=O)CCNCCN(C)C. The second-order valence-corrected chi connectivity index (χ2v) is 5.12. The average molecular weight is 263 g/mol. The van der Waals surface area contributed by atoms with E-state index >= 15 is 0 Å². The molecule has 1 amide bonds. The molecule has 2 N–H and O–H groups in total. The maximum absolute atomic E-state index is 11.9. The summed E-state index contributed by atoms with van der Waals surface area (Å²) in [6.07, 6.45) is 0.501. The van der Waals surface area contributed by atoms with Gasteiger partial charge in [-0.2, -0.15) is 0 Å². The number of carbonyl (C=O) groups excluding carboxylic acids is 1. The first-order chi connectivity index (χ1) is 9.00. The Labute approximate surface area is 116 Å². The Balaban J connectivity index is 2.32. The van der Waals surface area contributed by atoms with Crippen LogP contribution in [0.4, 0.5) is 5.69 Å². The monoisotopic (exact) mass is 263 g/mol. The lowest BCUT2D eigenvalue weighted by Gasteiger charge is -2.12. The van der Waals surface area contributed by atoms with Crippen LogP contribution in [0.3, 0.4) is 0 Å².